The third kappa shape index (κ3) is 3.16. The Kier molecular flexibility index (Phi) is 4.73. The van der Waals surface area contributed by atoms with Crippen molar-refractivity contribution in [3.8, 4) is 5.75 Å². The van der Waals surface area contributed by atoms with Gasteiger partial charge in [0.05, 0.1) is 11.8 Å². The van der Waals surface area contributed by atoms with Gasteiger partial charge in [-0.25, -0.2) is 0 Å². The lowest BCUT2D eigenvalue weighted by atomic mass is 10.2. The summed E-state index contributed by atoms with van der Waals surface area (Å²) in [6.45, 7) is 5.59. The van der Waals surface area contributed by atoms with E-state index in [1.165, 1.54) is 0 Å². The van der Waals surface area contributed by atoms with Crippen LogP contribution < -0.4 is 15.4 Å². The fourth-order valence-electron chi connectivity index (χ4n) is 2.48. The molecule has 1 aromatic carbocycles. The third-order valence-electron chi connectivity index (χ3n) is 3.55. The number of methoxy groups -OCH3 is 2. The summed E-state index contributed by atoms with van der Waals surface area (Å²) in [4.78, 5) is 2.23. The molecular weight excluding hydrogens is 256 g/mol. The van der Waals surface area contributed by atoms with Crippen molar-refractivity contribution in [3.05, 3.63) is 18.2 Å². The minimum absolute atomic E-state index is 0.0898. The van der Waals surface area contributed by atoms with E-state index in [9.17, 15) is 0 Å². The monoisotopic (exact) mass is 280 g/mol. The number of nitrogens with zero attached hydrogens (tertiary/aromatic N) is 1. The maximum absolute atomic E-state index is 5.95. The molecule has 2 rings (SSSR count). The molecular formula is C15H24N2O3. The van der Waals surface area contributed by atoms with Gasteiger partial charge in [0.2, 0.25) is 0 Å². The molecule has 0 amide bonds. The third-order valence-corrected chi connectivity index (χ3v) is 3.55. The van der Waals surface area contributed by atoms with Crippen LogP contribution in [-0.4, -0.2) is 45.6 Å². The van der Waals surface area contributed by atoms with Crippen LogP contribution in [0, 0.1) is 0 Å². The summed E-state index contributed by atoms with van der Waals surface area (Å²) in [7, 11) is 3.44. The fourth-order valence-corrected chi connectivity index (χ4v) is 2.48. The fraction of sp³-hybridized carbons (Fsp3) is 0.600. The van der Waals surface area contributed by atoms with Crippen molar-refractivity contribution in [1.82, 2.24) is 0 Å². The van der Waals surface area contributed by atoms with E-state index in [1.54, 1.807) is 14.2 Å². The molecule has 5 nitrogen and oxygen atoms in total. The molecule has 1 saturated heterocycles. The number of anilines is 2. The van der Waals surface area contributed by atoms with E-state index in [4.69, 9.17) is 19.9 Å². The Morgan fingerprint density at radius 3 is 2.25 bits per heavy atom. The molecule has 1 aromatic rings. The molecule has 112 valence electrons. The van der Waals surface area contributed by atoms with Crippen molar-refractivity contribution >= 4 is 11.4 Å². The highest BCUT2D eigenvalue weighted by Gasteiger charge is 2.33. The predicted octanol–water partition coefficient (Wildman–Crippen LogP) is 1.91. The van der Waals surface area contributed by atoms with Gasteiger partial charge in [-0.05, 0) is 26.0 Å². The van der Waals surface area contributed by atoms with Crippen LogP contribution in [0.15, 0.2) is 18.2 Å². The van der Waals surface area contributed by atoms with Gasteiger partial charge in [0, 0.05) is 39.1 Å². The van der Waals surface area contributed by atoms with Crippen LogP contribution in [0.3, 0.4) is 0 Å². The summed E-state index contributed by atoms with van der Waals surface area (Å²) in [5.41, 5.74) is 7.69. The van der Waals surface area contributed by atoms with Gasteiger partial charge in [-0.3, -0.25) is 0 Å². The molecule has 1 fully saturated rings. The summed E-state index contributed by atoms with van der Waals surface area (Å²) in [5.74, 6) is 0.729. The zero-order chi connectivity index (χ0) is 14.7. The largest absolute Gasteiger partial charge is 0.489 e. The zero-order valence-corrected chi connectivity index (χ0v) is 12.6. The predicted molar refractivity (Wildman–Crippen MR) is 80.4 cm³/mol. The lowest BCUT2D eigenvalue weighted by molar-refractivity contribution is -0.00461. The SMILES string of the molecule is COC1CN(c2ccc(N)c(OC(C)C)c2)CC1OC. The first-order valence-electron chi connectivity index (χ1n) is 6.92. The molecule has 1 aliphatic rings. The Hall–Kier alpha value is -1.46. The second-order valence-electron chi connectivity index (χ2n) is 5.34. The topological polar surface area (TPSA) is 57.0 Å². The van der Waals surface area contributed by atoms with E-state index in [-0.39, 0.29) is 18.3 Å². The summed E-state index contributed by atoms with van der Waals surface area (Å²) in [5, 5.41) is 0. The highest BCUT2D eigenvalue weighted by Crippen LogP contribution is 2.31. The average Bonchev–Trinajstić information content (AvgIpc) is 2.84. The summed E-state index contributed by atoms with van der Waals surface area (Å²) < 4.78 is 16.7. The van der Waals surface area contributed by atoms with Crippen molar-refractivity contribution in [2.75, 3.05) is 37.9 Å². The molecule has 2 unspecified atom stereocenters. The van der Waals surface area contributed by atoms with Crippen LogP contribution in [0.25, 0.3) is 0 Å². The standard InChI is InChI=1S/C15H24N2O3/c1-10(2)20-13-7-11(5-6-12(13)16)17-8-14(18-3)15(9-17)19-4/h5-7,10,14-15H,8-9,16H2,1-4H3. The molecule has 0 saturated carbocycles. The summed E-state index contributed by atoms with van der Waals surface area (Å²) in [6, 6.07) is 5.88. The second-order valence-corrected chi connectivity index (χ2v) is 5.34. The number of hydrogen-bond acceptors (Lipinski definition) is 5. The van der Waals surface area contributed by atoms with Gasteiger partial charge in [-0.1, -0.05) is 0 Å². The van der Waals surface area contributed by atoms with Crippen LogP contribution in [0.4, 0.5) is 11.4 Å². The maximum atomic E-state index is 5.95. The highest BCUT2D eigenvalue weighted by molar-refractivity contribution is 5.63. The molecule has 0 spiro atoms. The van der Waals surface area contributed by atoms with E-state index >= 15 is 0 Å². The first-order chi connectivity index (χ1) is 9.55. The number of ether oxygens (including phenoxy) is 3. The summed E-state index contributed by atoms with van der Waals surface area (Å²) >= 11 is 0. The minimum Gasteiger partial charge on any atom is -0.489 e. The van der Waals surface area contributed by atoms with Gasteiger partial charge in [0.25, 0.3) is 0 Å². The lowest BCUT2D eigenvalue weighted by Crippen LogP contribution is -2.27. The number of nitrogen functional groups attached to an aromatic ring is 1. The quantitative estimate of drug-likeness (QED) is 0.835. The summed E-state index contributed by atoms with van der Waals surface area (Å²) in [6.07, 6.45) is 0.281. The van der Waals surface area contributed by atoms with Crippen molar-refractivity contribution in [3.63, 3.8) is 0 Å². The van der Waals surface area contributed by atoms with Gasteiger partial charge in [-0.15, -0.1) is 0 Å². The van der Waals surface area contributed by atoms with Crippen LogP contribution >= 0.6 is 0 Å². The smallest absolute Gasteiger partial charge is 0.144 e. The van der Waals surface area contributed by atoms with Crippen molar-refractivity contribution in [1.29, 1.82) is 0 Å². The van der Waals surface area contributed by atoms with Gasteiger partial charge in [0.1, 0.15) is 18.0 Å². The first-order valence-corrected chi connectivity index (χ1v) is 6.92. The normalized spacial score (nSPS) is 22.6. The van der Waals surface area contributed by atoms with Crippen LogP contribution in [0.2, 0.25) is 0 Å². The zero-order valence-electron chi connectivity index (χ0n) is 12.6. The average molecular weight is 280 g/mol. The maximum Gasteiger partial charge on any atom is 0.144 e. The van der Waals surface area contributed by atoms with Crippen molar-refractivity contribution in [2.45, 2.75) is 32.2 Å². The second kappa shape index (κ2) is 6.33. The number of nitrogens with two attached hydrogens (primary N) is 1. The molecule has 2 atom stereocenters. The van der Waals surface area contributed by atoms with Gasteiger partial charge in [-0.2, -0.15) is 0 Å². The van der Waals surface area contributed by atoms with E-state index in [0.717, 1.165) is 24.5 Å². The molecule has 0 bridgehead atoms. The Morgan fingerprint density at radius 1 is 1.15 bits per heavy atom. The molecule has 20 heavy (non-hydrogen) atoms. The molecule has 2 N–H and O–H groups in total. The lowest BCUT2D eigenvalue weighted by Gasteiger charge is -2.20. The van der Waals surface area contributed by atoms with E-state index in [1.807, 2.05) is 32.0 Å². The van der Waals surface area contributed by atoms with Gasteiger partial charge in [0.15, 0.2) is 0 Å². The van der Waals surface area contributed by atoms with Crippen LogP contribution in [-0.2, 0) is 9.47 Å². The molecule has 0 aliphatic carbocycles. The Morgan fingerprint density at radius 2 is 1.75 bits per heavy atom. The van der Waals surface area contributed by atoms with Crippen LogP contribution in [0.1, 0.15) is 13.8 Å². The Labute approximate surface area is 120 Å². The van der Waals surface area contributed by atoms with Crippen molar-refractivity contribution < 1.29 is 14.2 Å². The van der Waals surface area contributed by atoms with Crippen LogP contribution in [0.5, 0.6) is 5.75 Å². The van der Waals surface area contributed by atoms with Gasteiger partial charge < -0.3 is 24.8 Å². The van der Waals surface area contributed by atoms with E-state index in [2.05, 4.69) is 4.90 Å². The van der Waals surface area contributed by atoms with E-state index in [0.29, 0.717) is 5.69 Å². The highest BCUT2D eigenvalue weighted by atomic mass is 16.5. The van der Waals surface area contributed by atoms with Crippen molar-refractivity contribution in [2.24, 2.45) is 0 Å². The number of rotatable bonds is 5. The molecule has 0 aromatic heterocycles. The number of benzene rings is 1. The number of hydrogen-bond donors (Lipinski definition) is 1. The van der Waals surface area contributed by atoms with E-state index < -0.39 is 0 Å². The minimum atomic E-state index is 0.0898. The molecule has 5 heteroatoms. The first kappa shape index (κ1) is 14.9. The molecule has 1 aliphatic heterocycles. The van der Waals surface area contributed by atoms with Gasteiger partial charge >= 0.3 is 0 Å². The Bertz CT molecular complexity index is 439. The molecule has 1 heterocycles. The molecule has 0 radical (unpaired) electrons. The Balaban J connectivity index is 2.17.